The maximum Gasteiger partial charge on any atom is 2.00 e. The SMILES string of the molecule is CC(C)(C)c1ccc(-n2c(-c3cc(C(C)(C)C)cc4c3[n-]c3ccc(C(C)(C)C)cc34)nc3c(-c4[c-]c(-c5cccc6cccnc56)ccc4)cccc32)cc1.[Pt+2]. The zero-order chi connectivity index (χ0) is 39.1. The predicted octanol–water partition coefficient (Wildman–Crippen LogP) is 13.5. The second-order valence-corrected chi connectivity index (χ2v) is 18.4. The summed E-state index contributed by atoms with van der Waals surface area (Å²) in [6.45, 7) is 20.5. The number of hydrogen-bond acceptors (Lipinski definition) is 2. The van der Waals surface area contributed by atoms with Gasteiger partial charge >= 0.3 is 21.1 Å². The molecule has 0 amide bonds. The Labute approximate surface area is 350 Å². The Morgan fingerprint density at radius 3 is 1.82 bits per heavy atom. The van der Waals surface area contributed by atoms with Gasteiger partial charge in [0.05, 0.1) is 11.0 Å². The van der Waals surface area contributed by atoms with Gasteiger partial charge in [0, 0.05) is 23.0 Å². The van der Waals surface area contributed by atoms with Crippen LogP contribution in [0.4, 0.5) is 0 Å². The van der Waals surface area contributed by atoms with Crippen molar-refractivity contribution < 1.29 is 21.1 Å². The Kier molecular flexibility index (Phi) is 9.44. The van der Waals surface area contributed by atoms with E-state index >= 15 is 0 Å². The van der Waals surface area contributed by atoms with Gasteiger partial charge < -0.3 is 4.98 Å². The maximum absolute atomic E-state index is 5.65. The van der Waals surface area contributed by atoms with Gasteiger partial charge in [0.25, 0.3) is 0 Å². The molecule has 0 aliphatic heterocycles. The second-order valence-electron chi connectivity index (χ2n) is 18.4. The molecule has 57 heavy (non-hydrogen) atoms. The minimum Gasteiger partial charge on any atom is -0.656 e. The first-order valence-corrected chi connectivity index (χ1v) is 19.7. The zero-order valence-corrected chi connectivity index (χ0v) is 36.5. The van der Waals surface area contributed by atoms with Crippen LogP contribution in [-0.4, -0.2) is 14.5 Å². The molecule has 0 spiro atoms. The number of nitrogens with zero attached hydrogens (tertiary/aromatic N) is 4. The van der Waals surface area contributed by atoms with Crippen LogP contribution in [0.15, 0.2) is 128 Å². The van der Waals surface area contributed by atoms with E-state index in [1.807, 2.05) is 12.3 Å². The van der Waals surface area contributed by atoms with Crippen LogP contribution in [0.1, 0.15) is 79.0 Å². The van der Waals surface area contributed by atoms with Gasteiger partial charge in [-0.25, -0.2) is 4.98 Å². The molecule has 9 rings (SSSR count). The third kappa shape index (κ3) is 6.82. The molecule has 0 N–H and O–H groups in total. The Morgan fingerprint density at radius 2 is 1.14 bits per heavy atom. The molecule has 3 aromatic heterocycles. The Morgan fingerprint density at radius 1 is 0.544 bits per heavy atom. The van der Waals surface area contributed by atoms with E-state index in [2.05, 4.69) is 188 Å². The van der Waals surface area contributed by atoms with Crippen LogP contribution in [0.3, 0.4) is 0 Å². The third-order valence-electron chi connectivity index (χ3n) is 11.3. The van der Waals surface area contributed by atoms with Gasteiger partial charge in [-0.05, 0) is 79.4 Å². The molecule has 0 radical (unpaired) electrons. The smallest absolute Gasteiger partial charge is 0.656 e. The molecule has 3 heterocycles. The molecule has 5 heteroatoms. The van der Waals surface area contributed by atoms with E-state index in [1.54, 1.807) is 0 Å². The van der Waals surface area contributed by atoms with Crippen molar-refractivity contribution in [1.82, 2.24) is 19.5 Å². The van der Waals surface area contributed by atoms with Crippen LogP contribution >= 0.6 is 0 Å². The van der Waals surface area contributed by atoms with Crippen LogP contribution in [0.25, 0.3) is 83.1 Å². The summed E-state index contributed by atoms with van der Waals surface area (Å²) in [6, 6.07) is 47.6. The van der Waals surface area contributed by atoms with Crippen LogP contribution in [-0.2, 0) is 37.3 Å². The number of hydrogen-bond donors (Lipinski definition) is 0. The van der Waals surface area contributed by atoms with Gasteiger partial charge in [-0.1, -0.05) is 146 Å². The molecule has 286 valence electrons. The fourth-order valence-electron chi connectivity index (χ4n) is 7.97. The first kappa shape index (κ1) is 38.6. The average molecular weight is 924 g/mol. The van der Waals surface area contributed by atoms with E-state index in [9.17, 15) is 0 Å². The minimum atomic E-state index is -0.101. The fraction of sp³-hybridized carbons (Fsp3) is 0.231. The van der Waals surface area contributed by atoms with Crippen LogP contribution in [0, 0.1) is 6.07 Å². The van der Waals surface area contributed by atoms with Crippen molar-refractivity contribution in [2.24, 2.45) is 0 Å². The van der Waals surface area contributed by atoms with Crippen molar-refractivity contribution >= 4 is 43.7 Å². The molecule has 0 aliphatic rings. The molecule has 9 aromatic rings. The Balaban J connectivity index is 0.00000455. The van der Waals surface area contributed by atoms with Crippen molar-refractivity contribution in [3.63, 3.8) is 0 Å². The van der Waals surface area contributed by atoms with Gasteiger partial charge in [-0.15, -0.1) is 46.4 Å². The zero-order valence-electron chi connectivity index (χ0n) is 34.2. The summed E-state index contributed by atoms with van der Waals surface area (Å²) in [5.41, 5.74) is 14.9. The first-order valence-electron chi connectivity index (χ1n) is 19.7. The molecular weight excluding hydrogens is 876 g/mol. The second kappa shape index (κ2) is 14.0. The van der Waals surface area contributed by atoms with E-state index in [4.69, 9.17) is 15.0 Å². The molecule has 6 aromatic carbocycles. The summed E-state index contributed by atoms with van der Waals surface area (Å²) in [4.78, 5) is 15.8. The largest absolute Gasteiger partial charge is 2.00 e. The molecule has 0 saturated heterocycles. The average Bonchev–Trinajstić information content (AvgIpc) is 3.75. The van der Waals surface area contributed by atoms with Gasteiger partial charge in [0.2, 0.25) is 0 Å². The molecule has 0 fully saturated rings. The van der Waals surface area contributed by atoms with Crippen LogP contribution in [0.5, 0.6) is 0 Å². The minimum absolute atomic E-state index is 0. The normalized spacial score (nSPS) is 12.5. The summed E-state index contributed by atoms with van der Waals surface area (Å²) >= 11 is 0. The van der Waals surface area contributed by atoms with E-state index in [0.29, 0.717) is 0 Å². The molecule has 0 bridgehead atoms. The molecule has 0 aliphatic carbocycles. The van der Waals surface area contributed by atoms with E-state index in [-0.39, 0.29) is 37.3 Å². The third-order valence-corrected chi connectivity index (χ3v) is 11.3. The molecule has 0 unspecified atom stereocenters. The van der Waals surface area contributed by atoms with Crippen molar-refractivity contribution in [2.45, 2.75) is 78.6 Å². The number of rotatable bonds is 4. The van der Waals surface area contributed by atoms with Crippen molar-refractivity contribution in [1.29, 1.82) is 0 Å². The predicted molar refractivity (Wildman–Crippen MR) is 236 cm³/mol. The summed E-state index contributed by atoms with van der Waals surface area (Å²) in [5, 5.41) is 3.46. The topological polar surface area (TPSA) is 44.8 Å². The van der Waals surface area contributed by atoms with Crippen LogP contribution < -0.4 is 4.98 Å². The maximum atomic E-state index is 5.65. The summed E-state index contributed by atoms with van der Waals surface area (Å²) in [6.07, 6.45) is 1.86. The summed E-state index contributed by atoms with van der Waals surface area (Å²) in [5.74, 6) is 0.875. The van der Waals surface area contributed by atoms with E-state index in [0.717, 1.165) is 72.3 Å². The number of aromatic nitrogens is 4. The molecule has 0 saturated carbocycles. The number of pyridine rings is 1. The molecular formula is C52H48N4Pt. The molecule has 4 nitrogen and oxygen atoms in total. The Bertz CT molecular complexity index is 2960. The monoisotopic (exact) mass is 923 g/mol. The quantitative estimate of drug-likeness (QED) is 0.165. The van der Waals surface area contributed by atoms with Crippen molar-refractivity contribution in [2.75, 3.05) is 0 Å². The summed E-state index contributed by atoms with van der Waals surface area (Å²) < 4.78 is 2.34. The van der Waals surface area contributed by atoms with Gasteiger partial charge in [-0.2, -0.15) is 0 Å². The number of fused-ring (bicyclic) bond motifs is 5. The standard InChI is InChI=1S/C52H48N4.Pt/c1-50(2,3)35-21-24-38(25-22-35)56-45-20-12-19-40(34-16-10-15-33(28-34)39-18-11-14-32-17-13-27-53-46(32)39)48(45)55-49(56)43-31-37(52(7,8)9)30-42-41-29-36(51(4,5)6)23-26-44(41)54-47(42)43;/h10-27,29-31H,1-9H3;/q-2;+2. The molecule has 0 atom stereocenters. The van der Waals surface area contributed by atoms with Crippen molar-refractivity contribution in [3.8, 4) is 39.3 Å². The van der Waals surface area contributed by atoms with Gasteiger partial charge in [0.1, 0.15) is 5.82 Å². The number of para-hydroxylation sites is 2. The van der Waals surface area contributed by atoms with Gasteiger partial charge in [-0.3, -0.25) is 9.55 Å². The van der Waals surface area contributed by atoms with E-state index in [1.165, 1.54) is 27.5 Å². The van der Waals surface area contributed by atoms with Crippen LogP contribution in [0.2, 0.25) is 0 Å². The van der Waals surface area contributed by atoms with Crippen molar-refractivity contribution in [3.05, 3.63) is 150 Å². The number of benzene rings is 6. The van der Waals surface area contributed by atoms with Gasteiger partial charge in [0.15, 0.2) is 0 Å². The number of imidazole rings is 1. The van der Waals surface area contributed by atoms with E-state index < -0.39 is 0 Å². The first-order chi connectivity index (χ1) is 26.6. The Hall–Kier alpha value is -5.31. The fourth-order valence-corrected chi connectivity index (χ4v) is 7.97. The summed E-state index contributed by atoms with van der Waals surface area (Å²) in [7, 11) is 0.